The lowest BCUT2D eigenvalue weighted by Crippen LogP contribution is -2.33. The number of rotatable bonds is 4. The summed E-state index contributed by atoms with van der Waals surface area (Å²) in [7, 11) is -2.96. The van der Waals surface area contributed by atoms with Gasteiger partial charge in [-0.05, 0) is 19.3 Å². The van der Waals surface area contributed by atoms with Gasteiger partial charge in [0.2, 0.25) is 0 Å². The normalized spacial score (nSPS) is 33.5. The molecule has 0 saturated heterocycles. The number of sulfone groups is 1. The Labute approximate surface area is 85.4 Å². The molecule has 0 spiro atoms. The van der Waals surface area contributed by atoms with Gasteiger partial charge >= 0.3 is 0 Å². The number of hydrogen-bond acceptors (Lipinski definition) is 4. The van der Waals surface area contributed by atoms with Crippen LogP contribution in [0.2, 0.25) is 0 Å². The fourth-order valence-corrected chi connectivity index (χ4v) is 3.65. The average molecular weight is 221 g/mol. The summed E-state index contributed by atoms with van der Waals surface area (Å²) in [5, 5.41) is 8.91. The first-order valence-corrected chi connectivity index (χ1v) is 6.74. The van der Waals surface area contributed by atoms with E-state index in [1.807, 2.05) is 0 Å². The molecule has 14 heavy (non-hydrogen) atoms. The topological polar surface area (TPSA) is 80.4 Å². The van der Waals surface area contributed by atoms with Gasteiger partial charge in [-0.25, -0.2) is 8.42 Å². The molecule has 2 unspecified atom stereocenters. The maximum atomic E-state index is 11.6. The van der Waals surface area contributed by atoms with Gasteiger partial charge in [-0.3, -0.25) is 0 Å². The van der Waals surface area contributed by atoms with E-state index >= 15 is 0 Å². The Balaban J connectivity index is 2.74. The first-order valence-electron chi connectivity index (χ1n) is 5.02. The molecule has 1 aliphatic rings. The number of aliphatic hydroxyl groups is 1. The van der Waals surface area contributed by atoms with Gasteiger partial charge in [0.05, 0.1) is 5.25 Å². The Kier molecular flexibility index (Phi) is 3.55. The monoisotopic (exact) mass is 221 g/mol. The van der Waals surface area contributed by atoms with Crippen molar-refractivity contribution in [2.75, 3.05) is 18.9 Å². The van der Waals surface area contributed by atoms with Crippen molar-refractivity contribution >= 4 is 9.84 Å². The Morgan fingerprint density at radius 2 is 2.21 bits per heavy atom. The lowest BCUT2D eigenvalue weighted by atomic mass is 9.88. The molecular weight excluding hydrogens is 202 g/mol. The van der Waals surface area contributed by atoms with Crippen LogP contribution in [-0.2, 0) is 9.84 Å². The maximum Gasteiger partial charge on any atom is 0.152 e. The zero-order valence-corrected chi connectivity index (χ0v) is 9.39. The number of hydrogen-bond donors (Lipinski definition) is 2. The minimum atomic E-state index is -2.96. The third kappa shape index (κ3) is 2.10. The Morgan fingerprint density at radius 1 is 1.57 bits per heavy atom. The summed E-state index contributed by atoms with van der Waals surface area (Å²) < 4.78 is 23.2. The lowest BCUT2D eigenvalue weighted by molar-refractivity contribution is 0.138. The van der Waals surface area contributed by atoms with Crippen molar-refractivity contribution in [2.24, 2.45) is 11.1 Å². The van der Waals surface area contributed by atoms with Gasteiger partial charge in [0, 0.05) is 24.3 Å². The standard InChI is InChI=1S/C9H19NO3S/c1-2-14(12,13)8-3-4-9(5-8,6-10)7-11/h8,11H,2-7,10H2,1H3. The molecule has 1 rings (SSSR count). The largest absolute Gasteiger partial charge is 0.396 e. The van der Waals surface area contributed by atoms with Crippen molar-refractivity contribution in [1.29, 1.82) is 0 Å². The summed E-state index contributed by atoms with van der Waals surface area (Å²) in [6, 6.07) is 0. The second-order valence-corrected chi connectivity index (χ2v) is 6.75. The van der Waals surface area contributed by atoms with E-state index in [0.29, 0.717) is 19.4 Å². The van der Waals surface area contributed by atoms with Crippen LogP contribution in [0.3, 0.4) is 0 Å². The van der Waals surface area contributed by atoms with Crippen LogP contribution >= 0.6 is 0 Å². The maximum absolute atomic E-state index is 11.6. The third-order valence-electron chi connectivity index (χ3n) is 3.34. The first-order chi connectivity index (χ1) is 6.49. The molecule has 0 aromatic heterocycles. The van der Waals surface area contributed by atoms with Crippen LogP contribution in [0.5, 0.6) is 0 Å². The van der Waals surface area contributed by atoms with Crippen molar-refractivity contribution in [3.8, 4) is 0 Å². The van der Waals surface area contributed by atoms with Crippen LogP contribution in [0.15, 0.2) is 0 Å². The van der Waals surface area contributed by atoms with Gasteiger partial charge in [-0.15, -0.1) is 0 Å². The van der Waals surface area contributed by atoms with Crippen LogP contribution in [0.1, 0.15) is 26.2 Å². The van der Waals surface area contributed by atoms with Crippen LogP contribution < -0.4 is 5.73 Å². The molecule has 2 atom stereocenters. The molecule has 0 aromatic rings. The number of nitrogens with two attached hydrogens (primary N) is 1. The number of aliphatic hydroxyl groups excluding tert-OH is 1. The highest BCUT2D eigenvalue weighted by atomic mass is 32.2. The van der Waals surface area contributed by atoms with Crippen molar-refractivity contribution in [2.45, 2.75) is 31.4 Å². The Hall–Kier alpha value is -0.130. The fourth-order valence-electron chi connectivity index (χ4n) is 2.09. The van der Waals surface area contributed by atoms with Crippen LogP contribution in [0, 0.1) is 5.41 Å². The van der Waals surface area contributed by atoms with Crippen molar-refractivity contribution in [3.63, 3.8) is 0 Å². The average Bonchev–Trinajstić information content (AvgIpc) is 2.63. The summed E-state index contributed by atoms with van der Waals surface area (Å²) in [4.78, 5) is 0. The SMILES string of the molecule is CCS(=O)(=O)C1CCC(CN)(CO)C1. The molecule has 0 aliphatic heterocycles. The smallest absolute Gasteiger partial charge is 0.152 e. The molecule has 1 fully saturated rings. The highest BCUT2D eigenvalue weighted by Gasteiger charge is 2.42. The fraction of sp³-hybridized carbons (Fsp3) is 1.00. The van der Waals surface area contributed by atoms with Crippen LogP contribution in [0.4, 0.5) is 0 Å². The van der Waals surface area contributed by atoms with E-state index < -0.39 is 9.84 Å². The summed E-state index contributed by atoms with van der Waals surface area (Å²) in [5.41, 5.74) is 5.23. The van der Waals surface area contributed by atoms with E-state index in [1.165, 1.54) is 0 Å². The van der Waals surface area contributed by atoms with Gasteiger partial charge in [0.25, 0.3) is 0 Å². The van der Waals surface area contributed by atoms with Crippen molar-refractivity contribution < 1.29 is 13.5 Å². The first kappa shape index (κ1) is 11.9. The molecule has 0 heterocycles. The Morgan fingerprint density at radius 3 is 2.57 bits per heavy atom. The molecule has 0 bridgehead atoms. The summed E-state index contributed by atoms with van der Waals surface area (Å²) in [5.74, 6) is 0.184. The van der Waals surface area contributed by atoms with Gasteiger partial charge < -0.3 is 10.8 Å². The molecule has 3 N–H and O–H groups in total. The summed E-state index contributed by atoms with van der Waals surface area (Å²) in [6.45, 7) is 2.04. The molecule has 84 valence electrons. The highest BCUT2D eigenvalue weighted by molar-refractivity contribution is 7.92. The minimum absolute atomic E-state index is 0.000760. The Bertz CT molecular complexity index is 282. The van der Waals surface area contributed by atoms with Crippen LogP contribution in [-0.4, -0.2) is 37.7 Å². The summed E-state index contributed by atoms with van der Waals surface area (Å²) in [6.07, 6.45) is 1.90. The van der Waals surface area contributed by atoms with Gasteiger partial charge in [0.15, 0.2) is 9.84 Å². The van der Waals surface area contributed by atoms with E-state index in [1.54, 1.807) is 6.92 Å². The van der Waals surface area contributed by atoms with E-state index in [9.17, 15) is 13.5 Å². The highest BCUT2D eigenvalue weighted by Crippen LogP contribution is 2.40. The molecule has 4 nitrogen and oxygen atoms in total. The van der Waals surface area contributed by atoms with E-state index in [0.717, 1.165) is 6.42 Å². The molecule has 5 heteroatoms. The molecule has 0 aromatic carbocycles. The summed E-state index contributed by atoms with van der Waals surface area (Å²) >= 11 is 0. The third-order valence-corrected chi connectivity index (χ3v) is 5.56. The zero-order valence-electron chi connectivity index (χ0n) is 8.57. The quantitative estimate of drug-likeness (QED) is 0.695. The van der Waals surface area contributed by atoms with Gasteiger partial charge in [-0.2, -0.15) is 0 Å². The minimum Gasteiger partial charge on any atom is -0.396 e. The van der Waals surface area contributed by atoms with E-state index in [-0.39, 0.29) is 23.0 Å². The second kappa shape index (κ2) is 4.16. The zero-order chi connectivity index (χ0) is 10.8. The molecule has 0 radical (unpaired) electrons. The molecular formula is C9H19NO3S. The molecule has 1 saturated carbocycles. The van der Waals surface area contributed by atoms with E-state index in [2.05, 4.69) is 0 Å². The molecule has 0 amide bonds. The molecule has 1 aliphatic carbocycles. The lowest BCUT2D eigenvalue weighted by Gasteiger charge is -2.24. The predicted octanol–water partition coefficient (Wildman–Crippen LogP) is -0.0890. The predicted molar refractivity (Wildman–Crippen MR) is 55.7 cm³/mol. The van der Waals surface area contributed by atoms with Crippen molar-refractivity contribution in [1.82, 2.24) is 0 Å². The van der Waals surface area contributed by atoms with Crippen LogP contribution in [0.25, 0.3) is 0 Å². The van der Waals surface area contributed by atoms with Gasteiger partial charge in [0.1, 0.15) is 0 Å². The second-order valence-electron chi connectivity index (χ2n) is 4.18. The van der Waals surface area contributed by atoms with E-state index in [4.69, 9.17) is 5.73 Å². The van der Waals surface area contributed by atoms with Gasteiger partial charge in [-0.1, -0.05) is 6.92 Å². The van der Waals surface area contributed by atoms with Crippen molar-refractivity contribution in [3.05, 3.63) is 0 Å².